The fourth-order valence-electron chi connectivity index (χ4n) is 3.09. The normalized spacial score (nSPS) is 11.0. The average Bonchev–Trinajstić information content (AvgIpc) is 2.72. The molecule has 3 aromatic rings. The fourth-order valence-corrected chi connectivity index (χ4v) is 3.09. The first-order valence-electron chi connectivity index (χ1n) is 9.66. The SMILES string of the molecule is COCCOC(=O)CCc1cc2c(C)cc(=O)oc2cc1OCc1c(F)cccc1F. The summed E-state index contributed by atoms with van der Waals surface area (Å²) in [6.45, 7) is 1.83. The molecule has 0 radical (unpaired) electrons. The van der Waals surface area contributed by atoms with Crippen LogP contribution in [0.4, 0.5) is 8.78 Å². The van der Waals surface area contributed by atoms with Crippen molar-refractivity contribution in [3.63, 3.8) is 0 Å². The van der Waals surface area contributed by atoms with E-state index >= 15 is 0 Å². The van der Waals surface area contributed by atoms with Gasteiger partial charge in [-0.1, -0.05) is 6.07 Å². The van der Waals surface area contributed by atoms with Gasteiger partial charge < -0.3 is 18.6 Å². The molecule has 0 saturated carbocycles. The van der Waals surface area contributed by atoms with Crippen LogP contribution in [0.5, 0.6) is 5.75 Å². The van der Waals surface area contributed by atoms with E-state index in [1.807, 2.05) is 0 Å². The van der Waals surface area contributed by atoms with Crippen LogP contribution in [0.25, 0.3) is 11.0 Å². The van der Waals surface area contributed by atoms with E-state index in [0.29, 0.717) is 23.1 Å². The summed E-state index contributed by atoms with van der Waals surface area (Å²) in [4.78, 5) is 23.7. The van der Waals surface area contributed by atoms with Gasteiger partial charge in [0.25, 0.3) is 0 Å². The third-order valence-electron chi connectivity index (χ3n) is 4.72. The van der Waals surface area contributed by atoms with Gasteiger partial charge in [-0.3, -0.25) is 4.79 Å². The lowest BCUT2D eigenvalue weighted by atomic mass is 10.0. The predicted octanol–water partition coefficient (Wildman–Crippen LogP) is 4.08. The molecule has 1 heterocycles. The summed E-state index contributed by atoms with van der Waals surface area (Å²) in [6.07, 6.45) is 0.324. The van der Waals surface area contributed by atoms with Crippen molar-refractivity contribution < 1.29 is 32.2 Å². The van der Waals surface area contributed by atoms with E-state index in [1.54, 1.807) is 13.0 Å². The number of esters is 1. The Morgan fingerprint density at radius 3 is 2.55 bits per heavy atom. The molecular formula is C23H22F2O6. The molecule has 0 fully saturated rings. The fraction of sp³-hybridized carbons (Fsp3) is 0.304. The van der Waals surface area contributed by atoms with Gasteiger partial charge in [0.1, 0.15) is 36.2 Å². The molecule has 3 rings (SSSR count). The molecule has 0 aliphatic heterocycles. The van der Waals surface area contributed by atoms with Crippen molar-refractivity contribution in [1.82, 2.24) is 0 Å². The highest BCUT2D eigenvalue weighted by atomic mass is 19.1. The molecule has 0 spiro atoms. The molecule has 0 unspecified atom stereocenters. The van der Waals surface area contributed by atoms with E-state index in [1.165, 1.54) is 25.3 Å². The van der Waals surface area contributed by atoms with Crippen LogP contribution in [0.15, 0.2) is 45.6 Å². The largest absolute Gasteiger partial charge is 0.488 e. The number of rotatable bonds is 9. The minimum absolute atomic E-state index is 0.0650. The number of hydrogen-bond donors (Lipinski definition) is 0. The summed E-state index contributed by atoms with van der Waals surface area (Å²) >= 11 is 0. The second-order valence-electron chi connectivity index (χ2n) is 6.91. The standard InChI is InChI=1S/C23H22F2O6/c1-14-10-23(27)31-21-12-20(30-13-17-18(24)4-3-5-19(17)25)15(11-16(14)21)6-7-22(26)29-9-8-28-2/h3-5,10-12H,6-9,13H2,1-2H3. The third-order valence-corrected chi connectivity index (χ3v) is 4.72. The third kappa shape index (κ3) is 5.67. The number of hydrogen-bond acceptors (Lipinski definition) is 6. The van der Waals surface area contributed by atoms with Crippen LogP contribution in [-0.4, -0.2) is 26.3 Å². The van der Waals surface area contributed by atoms with Gasteiger partial charge in [-0.05, 0) is 42.7 Å². The number of ether oxygens (including phenoxy) is 3. The van der Waals surface area contributed by atoms with Crippen molar-refractivity contribution in [3.8, 4) is 5.75 Å². The first-order chi connectivity index (χ1) is 14.9. The van der Waals surface area contributed by atoms with Gasteiger partial charge >= 0.3 is 11.6 Å². The van der Waals surface area contributed by atoms with E-state index in [0.717, 1.165) is 12.1 Å². The molecule has 0 bridgehead atoms. The lowest BCUT2D eigenvalue weighted by molar-refractivity contribution is -0.144. The molecule has 0 N–H and O–H groups in total. The second-order valence-corrected chi connectivity index (χ2v) is 6.91. The molecule has 31 heavy (non-hydrogen) atoms. The van der Waals surface area contributed by atoms with E-state index in [-0.39, 0.29) is 43.0 Å². The van der Waals surface area contributed by atoms with Crippen molar-refractivity contribution in [3.05, 3.63) is 75.1 Å². The summed E-state index contributed by atoms with van der Waals surface area (Å²) in [5, 5.41) is 0.673. The number of aryl methyl sites for hydroxylation is 2. The van der Waals surface area contributed by atoms with Crippen LogP contribution in [-0.2, 0) is 27.3 Å². The Balaban J connectivity index is 1.88. The zero-order chi connectivity index (χ0) is 22.4. The molecule has 0 amide bonds. The zero-order valence-electron chi connectivity index (χ0n) is 17.2. The Kier molecular flexibility index (Phi) is 7.36. The summed E-state index contributed by atoms with van der Waals surface area (Å²) < 4.78 is 48.8. The number of fused-ring (bicyclic) bond motifs is 1. The van der Waals surface area contributed by atoms with Gasteiger partial charge in [-0.15, -0.1) is 0 Å². The van der Waals surface area contributed by atoms with Crippen LogP contribution in [0.3, 0.4) is 0 Å². The minimum Gasteiger partial charge on any atom is -0.488 e. The predicted molar refractivity (Wildman–Crippen MR) is 109 cm³/mol. The van der Waals surface area contributed by atoms with Crippen LogP contribution in [0.1, 0.15) is 23.1 Å². The van der Waals surface area contributed by atoms with Crippen molar-refractivity contribution in [1.29, 1.82) is 0 Å². The zero-order valence-corrected chi connectivity index (χ0v) is 17.2. The van der Waals surface area contributed by atoms with Gasteiger partial charge in [-0.2, -0.15) is 0 Å². The van der Waals surface area contributed by atoms with Crippen molar-refractivity contribution in [2.45, 2.75) is 26.4 Å². The van der Waals surface area contributed by atoms with Gasteiger partial charge in [0.15, 0.2) is 0 Å². The lowest BCUT2D eigenvalue weighted by Gasteiger charge is -2.14. The Bertz CT molecular complexity index is 1120. The van der Waals surface area contributed by atoms with Gasteiger partial charge in [0, 0.05) is 31.0 Å². The van der Waals surface area contributed by atoms with Crippen molar-refractivity contribution >= 4 is 16.9 Å². The maximum absolute atomic E-state index is 14.0. The maximum Gasteiger partial charge on any atom is 0.336 e. The topological polar surface area (TPSA) is 75.0 Å². The highest BCUT2D eigenvalue weighted by Crippen LogP contribution is 2.29. The average molecular weight is 432 g/mol. The van der Waals surface area contributed by atoms with Crippen LogP contribution >= 0.6 is 0 Å². The molecule has 164 valence electrons. The highest BCUT2D eigenvalue weighted by molar-refractivity contribution is 5.83. The van der Waals surface area contributed by atoms with Crippen molar-refractivity contribution in [2.75, 3.05) is 20.3 Å². The molecule has 0 atom stereocenters. The van der Waals surface area contributed by atoms with Gasteiger partial charge in [0.05, 0.1) is 12.2 Å². The molecule has 8 heteroatoms. The van der Waals surface area contributed by atoms with Crippen LogP contribution in [0, 0.1) is 18.6 Å². The lowest BCUT2D eigenvalue weighted by Crippen LogP contribution is -2.11. The summed E-state index contributed by atoms with van der Waals surface area (Å²) in [6, 6.07) is 8.14. The van der Waals surface area contributed by atoms with Gasteiger partial charge in [-0.25, -0.2) is 13.6 Å². The summed E-state index contributed by atoms with van der Waals surface area (Å²) in [7, 11) is 1.51. The molecular weight excluding hydrogens is 410 g/mol. The van der Waals surface area contributed by atoms with Crippen LogP contribution in [0.2, 0.25) is 0 Å². The minimum atomic E-state index is -0.730. The van der Waals surface area contributed by atoms with E-state index < -0.39 is 23.2 Å². The number of carbonyl (C=O) groups excluding carboxylic acids is 1. The quantitative estimate of drug-likeness (QED) is 0.288. The molecule has 2 aromatic carbocycles. The smallest absolute Gasteiger partial charge is 0.336 e. The molecule has 0 aliphatic carbocycles. The molecule has 0 saturated heterocycles. The Morgan fingerprint density at radius 1 is 1.10 bits per heavy atom. The summed E-state index contributed by atoms with van der Waals surface area (Å²) in [5.41, 5.74) is 0.843. The van der Waals surface area contributed by atoms with Crippen LogP contribution < -0.4 is 10.4 Å². The monoisotopic (exact) mass is 432 g/mol. The number of carbonyl (C=O) groups is 1. The Morgan fingerprint density at radius 2 is 1.84 bits per heavy atom. The van der Waals surface area contributed by atoms with E-state index in [2.05, 4.69) is 0 Å². The Labute approximate surface area is 177 Å². The molecule has 6 nitrogen and oxygen atoms in total. The first-order valence-corrected chi connectivity index (χ1v) is 9.66. The van der Waals surface area contributed by atoms with E-state index in [9.17, 15) is 18.4 Å². The highest BCUT2D eigenvalue weighted by Gasteiger charge is 2.15. The van der Waals surface area contributed by atoms with E-state index in [4.69, 9.17) is 18.6 Å². The van der Waals surface area contributed by atoms with Gasteiger partial charge in [0.2, 0.25) is 0 Å². The first kappa shape index (κ1) is 22.4. The number of methoxy groups -OCH3 is 1. The second kappa shape index (κ2) is 10.2. The molecule has 1 aromatic heterocycles. The van der Waals surface area contributed by atoms with Crippen molar-refractivity contribution in [2.24, 2.45) is 0 Å². The number of halogens is 2. The molecule has 0 aliphatic rings. The maximum atomic E-state index is 14.0. The Hall–Kier alpha value is -3.26. The number of benzene rings is 2. The summed E-state index contributed by atoms with van der Waals surface area (Å²) in [5.74, 6) is -1.62.